The van der Waals surface area contributed by atoms with E-state index in [-0.39, 0.29) is 17.8 Å². The van der Waals surface area contributed by atoms with E-state index in [0.717, 1.165) is 18.4 Å². The number of rotatable bonds is 12. The van der Waals surface area contributed by atoms with Gasteiger partial charge in [-0.1, -0.05) is 18.2 Å². The average molecular weight is 454 g/mol. The molecule has 0 aliphatic heterocycles. The summed E-state index contributed by atoms with van der Waals surface area (Å²) in [6.07, 6.45) is 3.28. The topological polar surface area (TPSA) is 72.9 Å². The monoisotopic (exact) mass is 453 g/mol. The molecule has 0 unspecified atom stereocenters. The standard InChI is InChI=1S/C25H31N3O3S/c1-5-11-28(15-20(27(3)4)14-18-6-8-21(29)9-7-18)23-22(24(30)25(23)31)26-17(2)13-19-10-12-32-16-19/h5-10,12,16-17,20,26,29H,1,11,13-15H2,2-4H3/t17-,20+/m1/s1. The molecule has 2 N–H and O–H groups in total. The maximum absolute atomic E-state index is 12.6. The maximum atomic E-state index is 12.6. The number of aromatic hydroxyl groups is 1. The summed E-state index contributed by atoms with van der Waals surface area (Å²) in [4.78, 5) is 29.0. The van der Waals surface area contributed by atoms with E-state index in [9.17, 15) is 14.7 Å². The van der Waals surface area contributed by atoms with Crippen molar-refractivity contribution in [2.75, 3.05) is 37.4 Å². The van der Waals surface area contributed by atoms with Gasteiger partial charge in [-0.3, -0.25) is 9.59 Å². The van der Waals surface area contributed by atoms with Crippen LogP contribution >= 0.6 is 11.3 Å². The van der Waals surface area contributed by atoms with Gasteiger partial charge in [0.2, 0.25) is 0 Å². The molecule has 1 heterocycles. The van der Waals surface area contributed by atoms with Crippen LogP contribution in [0.2, 0.25) is 0 Å². The molecule has 0 aliphatic rings. The van der Waals surface area contributed by atoms with E-state index < -0.39 is 10.9 Å². The molecule has 0 radical (unpaired) electrons. The first kappa shape index (κ1) is 23.8. The van der Waals surface area contributed by atoms with Crippen molar-refractivity contribution in [1.82, 2.24) is 4.90 Å². The van der Waals surface area contributed by atoms with Gasteiger partial charge in [0.1, 0.15) is 17.1 Å². The van der Waals surface area contributed by atoms with Crippen molar-refractivity contribution < 1.29 is 5.11 Å². The molecule has 2 aromatic carbocycles. The summed E-state index contributed by atoms with van der Waals surface area (Å²) in [6, 6.07) is 9.36. The van der Waals surface area contributed by atoms with Crippen LogP contribution < -0.4 is 21.1 Å². The molecule has 0 saturated heterocycles. The Bertz CT molecular complexity index is 1080. The van der Waals surface area contributed by atoms with Gasteiger partial charge in [-0.05, 0) is 73.9 Å². The molecular weight excluding hydrogens is 422 g/mol. The molecule has 0 saturated carbocycles. The van der Waals surface area contributed by atoms with Crippen LogP contribution in [-0.4, -0.2) is 49.3 Å². The summed E-state index contributed by atoms with van der Waals surface area (Å²) in [5.74, 6) is 0.236. The zero-order valence-corrected chi connectivity index (χ0v) is 19.7. The lowest BCUT2D eigenvalue weighted by Crippen LogP contribution is -2.48. The fraction of sp³-hybridized carbons (Fsp3) is 0.360. The van der Waals surface area contributed by atoms with E-state index >= 15 is 0 Å². The summed E-state index contributed by atoms with van der Waals surface area (Å²) >= 11 is 1.65. The Hall–Kier alpha value is -2.90. The van der Waals surface area contributed by atoms with Crippen molar-refractivity contribution in [2.24, 2.45) is 0 Å². The summed E-state index contributed by atoms with van der Waals surface area (Å²) in [5.41, 5.74) is 2.25. The van der Waals surface area contributed by atoms with Gasteiger partial charge in [-0.15, -0.1) is 6.58 Å². The first-order valence-electron chi connectivity index (χ1n) is 10.7. The Labute approximate surface area is 193 Å². The Kier molecular flexibility index (Phi) is 7.88. The predicted octanol–water partition coefficient (Wildman–Crippen LogP) is 3.26. The quantitative estimate of drug-likeness (QED) is 0.324. The molecule has 7 heteroatoms. The van der Waals surface area contributed by atoms with Crippen LogP contribution in [0.25, 0.3) is 0 Å². The normalized spacial score (nSPS) is 13.2. The molecule has 0 fully saturated rings. The third-order valence-electron chi connectivity index (χ3n) is 5.63. The highest BCUT2D eigenvalue weighted by atomic mass is 32.1. The highest BCUT2D eigenvalue weighted by Gasteiger charge is 2.28. The van der Waals surface area contributed by atoms with Crippen LogP contribution in [0.15, 0.2) is 63.3 Å². The largest absolute Gasteiger partial charge is 0.508 e. The Balaban J connectivity index is 1.78. The Morgan fingerprint density at radius 2 is 1.81 bits per heavy atom. The number of nitrogens with zero attached hydrogens (tertiary/aromatic N) is 2. The fourth-order valence-electron chi connectivity index (χ4n) is 3.86. The first-order valence-corrected chi connectivity index (χ1v) is 11.7. The number of hydrogen-bond acceptors (Lipinski definition) is 7. The third kappa shape index (κ3) is 5.66. The molecule has 0 aliphatic carbocycles. The molecule has 2 atom stereocenters. The minimum absolute atomic E-state index is 0.0267. The zero-order valence-electron chi connectivity index (χ0n) is 18.9. The van der Waals surface area contributed by atoms with Crippen LogP contribution in [0, 0.1) is 0 Å². The number of likely N-dealkylation sites (N-methyl/N-ethyl adjacent to an activating group) is 1. The summed E-state index contributed by atoms with van der Waals surface area (Å²) in [7, 11) is 4.00. The minimum atomic E-state index is -0.453. The average Bonchev–Trinajstić information content (AvgIpc) is 3.26. The Morgan fingerprint density at radius 3 is 2.41 bits per heavy atom. The SMILES string of the molecule is C=CCN(C[C@H](Cc1ccc(O)cc1)N(C)C)c1c(N[C@H](C)Cc2ccsc2)c(=O)c1=O. The number of hydrogen-bond donors (Lipinski definition) is 2. The first-order chi connectivity index (χ1) is 15.3. The second-order valence-corrected chi connectivity index (χ2v) is 9.22. The molecular formula is C25H31N3O3S. The van der Waals surface area contributed by atoms with Gasteiger partial charge >= 0.3 is 0 Å². The second kappa shape index (κ2) is 10.6. The number of thiophene rings is 1. The molecule has 1 aromatic heterocycles. The Morgan fingerprint density at radius 1 is 1.09 bits per heavy atom. The fourth-order valence-corrected chi connectivity index (χ4v) is 4.54. The van der Waals surface area contributed by atoms with E-state index in [1.807, 2.05) is 43.4 Å². The number of anilines is 2. The second-order valence-electron chi connectivity index (χ2n) is 8.44. The number of benzene rings is 1. The molecule has 32 heavy (non-hydrogen) atoms. The van der Waals surface area contributed by atoms with Gasteiger partial charge in [0.05, 0.1) is 0 Å². The van der Waals surface area contributed by atoms with E-state index in [0.29, 0.717) is 24.5 Å². The van der Waals surface area contributed by atoms with E-state index in [1.54, 1.807) is 29.5 Å². The highest BCUT2D eigenvalue weighted by molar-refractivity contribution is 7.07. The molecule has 3 rings (SSSR count). The van der Waals surface area contributed by atoms with Gasteiger partial charge in [-0.2, -0.15) is 11.3 Å². The summed E-state index contributed by atoms with van der Waals surface area (Å²) in [5, 5.41) is 17.0. The van der Waals surface area contributed by atoms with Crippen molar-refractivity contribution in [2.45, 2.75) is 31.8 Å². The van der Waals surface area contributed by atoms with Crippen LogP contribution in [0.3, 0.4) is 0 Å². The molecule has 0 bridgehead atoms. The van der Waals surface area contributed by atoms with Gasteiger partial charge < -0.3 is 20.2 Å². The number of phenols is 1. The van der Waals surface area contributed by atoms with Crippen molar-refractivity contribution >= 4 is 22.7 Å². The van der Waals surface area contributed by atoms with Crippen molar-refractivity contribution in [3.8, 4) is 5.75 Å². The van der Waals surface area contributed by atoms with Gasteiger partial charge in [0.25, 0.3) is 10.9 Å². The molecule has 3 aromatic rings. The molecule has 6 nitrogen and oxygen atoms in total. The maximum Gasteiger partial charge on any atom is 0.253 e. The van der Waals surface area contributed by atoms with Crippen LogP contribution in [0.1, 0.15) is 18.1 Å². The van der Waals surface area contributed by atoms with Gasteiger partial charge in [0.15, 0.2) is 0 Å². The van der Waals surface area contributed by atoms with Crippen molar-refractivity contribution in [3.05, 3.63) is 85.3 Å². The third-order valence-corrected chi connectivity index (χ3v) is 6.36. The van der Waals surface area contributed by atoms with Crippen molar-refractivity contribution in [1.29, 1.82) is 0 Å². The van der Waals surface area contributed by atoms with Crippen LogP contribution in [-0.2, 0) is 12.8 Å². The van der Waals surface area contributed by atoms with E-state index in [4.69, 9.17) is 0 Å². The minimum Gasteiger partial charge on any atom is -0.508 e. The highest BCUT2D eigenvalue weighted by Crippen LogP contribution is 2.24. The van der Waals surface area contributed by atoms with Crippen LogP contribution in [0.4, 0.5) is 11.4 Å². The smallest absolute Gasteiger partial charge is 0.253 e. The van der Waals surface area contributed by atoms with Crippen LogP contribution in [0.5, 0.6) is 5.75 Å². The predicted molar refractivity (Wildman–Crippen MR) is 134 cm³/mol. The van der Waals surface area contributed by atoms with E-state index in [1.165, 1.54) is 5.56 Å². The van der Waals surface area contributed by atoms with E-state index in [2.05, 4.69) is 28.2 Å². The lowest BCUT2D eigenvalue weighted by Gasteiger charge is -2.34. The van der Waals surface area contributed by atoms with Crippen molar-refractivity contribution in [3.63, 3.8) is 0 Å². The van der Waals surface area contributed by atoms with Gasteiger partial charge in [0, 0.05) is 25.2 Å². The lowest BCUT2D eigenvalue weighted by atomic mass is 10.0. The number of phenolic OH excluding ortho intramolecular Hbond substituents is 1. The molecule has 0 amide bonds. The number of nitrogens with one attached hydrogen (secondary N) is 1. The summed E-state index contributed by atoms with van der Waals surface area (Å²) in [6.45, 7) is 6.90. The summed E-state index contributed by atoms with van der Waals surface area (Å²) < 4.78 is 0. The molecule has 170 valence electrons. The zero-order chi connectivity index (χ0) is 23.3. The lowest BCUT2D eigenvalue weighted by molar-refractivity contribution is 0.293. The van der Waals surface area contributed by atoms with Gasteiger partial charge in [-0.25, -0.2) is 0 Å². The molecule has 0 spiro atoms.